The van der Waals surface area contributed by atoms with E-state index in [1.54, 1.807) is 72.8 Å². The van der Waals surface area contributed by atoms with Crippen molar-refractivity contribution in [3.8, 4) is 0 Å². The SMILES string of the molecule is O=C(CCC1(CO)C(=O)N(c2ccccc2)N(c2ccccc2)C1=O)c1ccccc1. The van der Waals surface area contributed by atoms with Crippen LogP contribution in [0.5, 0.6) is 0 Å². The Balaban J connectivity index is 1.71. The third kappa shape index (κ3) is 3.62. The second-order valence-corrected chi connectivity index (χ2v) is 7.43. The molecule has 1 N–H and O–H groups in total. The van der Waals surface area contributed by atoms with E-state index in [9.17, 15) is 19.5 Å². The largest absolute Gasteiger partial charge is 0.395 e. The number of carbonyl (C=O) groups excluding carboxylic acids is 3. The number of anilines is 2. The van der Waals surface area contributed by atoms with Crippen molar-refractivity contribution in [2.45, 2.75) is 12.8 Å². The van der Waals surface area contributed by atoms with Crippen molar-refractivity contribution in [3.05, 3.63) is 96.6 Å². The molecule has 1 fully saturated rings. The first kappa shape index (κ1) is 20.5. The van der Waals surface area contributed by atoms with Gasteiger partial charge in [-0.25, -0.2) is 10.0 Å². The number of hydrogen-bond acceptors (Lipinski definition) is 4. The number of amides is 2. The Kier molecular flexibility index (Phi) is 5.64. The quantitative estimate of drug-likeness (QED) is 0.473. The molecule has 1 saturated heterocycles. The van der Waals surface area contributed by atoms with Gasteiger partial charge in [0.25, 0.3) is 11.8 Å². The topological polar surface area (TPSA) is 77.9 Å². The highest BCUT2D eigenvalue weighted by molar-refractivity contribution is 6.26. The van der Waals surface area contributed by atoms with Gasteiger partial charge in [0.1, 0.15) is 0 Å². The monoisotopic (exact) mass is 414 g/mol. The van der Waals surface area contributed by atoms with E-state index >= 15 is 0 Å². The number of carbonyl (C=O) groups is 3. The predicted molar refractivity (Wildman–Crippen MR) is 117 cm³/mol. The van der Waals surface area contributed by atoms with Gasteiger partial charge in [-0.05, 0) is 30.7 Å². The average Bonchev–Trinajstić information content (AvgIpc) is 3.05. The zero-order valence-electron chi connectivity index (χ0n) is 16.8. The molecule has 156 valence electrons. The van der Waals surface area contributed by atoms with Gasteiger partial charge < -0.3 is 5.11 Å². The Morgan fingerprint density at radius 1 is 0.710 bits per heavy atom. The standard InChI is InChI=1S/C25H22N2O4/c28-18-25(17-16-22(29)19-10-4-1-5-11-19)23(30)26(20-12-6-2-7-13-20)27(24(25)31)21-14-8-3-9-15-21/h1-15,28H,16-18H2. The summed E-state index contributed by atoms with van der Waals surface area (Å²) in [4.78, 5) is 39.8. The molecule has 1 aliphatic rings. The van der Waals surface area contributed by atoms with E-state index in [1.807, 2.05) is 18.2 Å². The molecular weight excluding hydrogens is 392 g/mol. The summed E-state index contributed by atoms with van der Waals surface area (Å²) in [5.74, 6) is -1.27. The number of hydrazine groups is 1. The van der Waals surface area contributed by atoms with E-state index in [-0.39, 0.29) is 18.6 Å². The molecule has 1 aliphatic heterocycles. The van der Waals surface area contributed by atoms with Gasteiger partial charge in [0.2, 0.25) is 0 Å². The molecular formula is C25H22N2O4. The zero-order valence-corrected chi connectivity index (χ0v) is 16.8. The molecule has 4 rings (SSSR count). The van der Waals surface area contributed by atoms with Crippen LogP contribution in [0.3, 0.4) is 0 Å². The summed E-state index contributed by atoms with van der Waals surface area (Å²) in [6.07, 6.45) is -0.116. The van der Waals surface area contributed by atoms with Gasteiger partial charge in [0.15, 0.2) is 11.2 Å². The Morgan fingerprint density at radius 2 is 1.13 bits per heavy atom. The number of ketones is 1. The molecule has 3 aromatic rings. The van der Waals surface area contributed by atoms with E-state index in [0.717, 1.165) is 0 Å². The van der Waals surface area contributed by atoms with E-state index in [4.69, 9.17) is 0 Å². The van der Waals surface area contributed by atoms with Crippen LogP contribution < -0.4 is 10.0 Å². The number of aliphatic hydroxyl groups is 1. The fourth-order valence-corrected chi connectivity index (χ4v) is 3.81. The molecule has 0 radical (unpaired) electrons. The summed E-state index contributed by atoms with van der Waals surface area (Å²) in [6, 6.07) is 26.3. The maximum Gasteiger partial charge on any atom is 0.264 e. The van der Waals surface area contributed by atoms with Crippen LogP contribution in [0.1, 0.15) is 23.2 Å². The number of benzene rings is 3. The van der Waals surface area contributed by atoms with E-state index in [2.05, 4.69) is 0 Å². The van der Waals surface area contributed by atoms with Gasteiger partial charge in [-0.3, -0.25) is 14.4 Å². The lowest BCUT2D eigenvalue weighted by Crippen LogP contribution is -2.41. The molecule has 0 spiro atoms. The summed E-state index contributed by atoms with van der Waals surface area (Å²) < 4.78 is 0. The van der Waals surface area contributed by atoms with E-state index < -0.39 is 23.8 Å². The first-order valence-corrected chi connectivity index (χ1v) is 10.1. The third-order valence-electron chi connectivity index (χ3n) is 5.55. The minimum atomic E-state index is -1.73. The lowest BCUT2D eigenvalue weighted by atomic mass is 9.81. The summed E-state index contributed by atoms with van der Waals surface area (Å²) in [5, 5.41) is 12.8. The number of hydrogen-bond donors (Lipinski definition) is 1. The van der Waals surface area contributed by atoms with Gasteiger partial charge in [-0.1, -0.05) is 66.7 Å². The second-order valence-electron chi connectivity index (χ2n) is 7.43. The average molecular weight is 414 g/mol. The van der Waals surface area contributed by atoms with E-state index in [0.29, 0.717) is 16.9 Å². The lowest BCUT2D eigenvalue weighted by molar-refractivity contribution is -0.137. The van der Waals surface area contributed by atoms with Crippen LogP contribution in [-0.2, 0) is 9.59 Å². The first-order valence-electron chi connectivity index (χ1n) is 10.1. The Morgan fingerprint density at radius 3 is 1.55 bits per heavy atom. The highest BCUT2D eigenvalue weighted by atomic mass is 16.3. The molecule has 0 aromatic heterocycles. The summed E-state index contributed by atoms with van der Waals surface area (Å²) in [6.45, 7) is -0.681. The molecule has 1 heterocycles. The Labute approximate surface area is 180 Å². The smallest absolute Gasteiger partial charge is 0.264 e. The molecule has 6 heteroatoms. The molecule has 3 aromatic carbocycles. The molecule has 6 nitrogen and oxygen atoms in total. The fraction of sp³-hybridized carbons (Fsp3) is 0.160. The minimum absolute atomic E-state index is 0.0344. The van der Waals surface area contributed by atoms with Crippen molar-refractivity contribution in [3.63, 3.8) is 0 Å². The zero-order chi connectivity index (χ0) is 21.8. The van der Waals surface area contributed by atoms with Crippen molar-refractivity contribution >= 4 is 29.0 Å². The Bertz CT molecular complexity index is 1030. The second kappa shape index (κ2) is 8.53. The number of para-hydroxylation sites is 2. The Hall–Kier alpha value is -3.77. The highest BCUT2D eigenvalue weighted by Gasteiger charge is 2.59. The van der Waals surface area contributed by atoms with Crippen LogP contribution in [0.2, 0.25) is 0 Å². The highest BCUT2D eigenvalue weighted by Crippen LogP contribution is 2.41. The van der Waals surface area contributed by atoms with Crippen molar-refractivity contribution < 1.29 is 19.5 Å². The molecule has 31 heavy (non-hydrogen) atoms. The summed E-state index contributed by atoms with van der Waals surface area (Å²) in [5.41, 5.74) is -0.201. The molecule has 0 saturated carbocycles. The molecule has 0 aliphatic carbocycles. The number of Topliss-reactive ketones (excluding diaryl/α,β-unsaturated/α-hetero) is 1. The number of aliphatic hydroxyl groups excluding tert-OH is 1. The van der Waals surface area contributed by atoms with Gasteiger partial charge in [0.05, 0.1) is 18.0 Å². The lowest BCUT2D eigenvalue weighted by Gasteiger charge is -2.27. The molecule has 2 amide bonds. The molecule has 0 atom stereocenters. The number of rotatable bonds is 7. The van der Waals surface area contributed by atoms with Crippen molar-refractivity contribution in [1.82, 2.24) is 0 Å². The predicted octanol–water partition coefficient (Wildman–Crippen LogP) is 3.62. The normalized spacial score (nSPS) is 15.4. The van der Waals surface area contributed by atoms with E-state index in [1.165, 1.54) is 10.0 Å². The third-order valence-corrected chi connectivity index (χ3v) is 5.55. The fourth-order valence-electron chi connectivity index (χ4n) is 3.81. The van der Waals surface area contributed by atoms with Crippen LogP contribution in [0, 0.1) is 5.41 Å². The van der Waals surface area contributed by atoms with Crippen molar-refractivity contribution in [1.29, 1.82) is 0 Å². The van der Waals surface area contributed by atoms with Gasteiger partial charge >= 0.3 is 0 Å². The summed E-state index contributed by atoms with van der Waals surface area (Å²) in [7, 11) is 0. The number of nitrogens with zero attached hydrogens (tertiary/aromatic N) is 2. The maximum atomic E-state index is 13.6. The van der Waals surface area contributed by atoms with Gasteiger partial charge in [-0.15, -0.1) is 0 Å². The summed E-state index contributed by atoms with van der Waals surface area (Å²) >= 11 is 0. The van der Waals surface area contributed by atoms with Crippen LogP contribution >= 0.6 is 0 Å². The van der Waals surface area contributed by atoms with Crippen LogP contribution in [0.15, 0.2) is 91.0 Å². The van der Waals surface area contributed by atoms with Gasteiger partial charge in [0, 0.05) is 12.0 Å². The van der Waals surface area contributed by atoms with Crippen LogP contribution in [0.4, 0.5) is 11.4 Å². The first-order chi connectivity index (χ1) is 15.1. The minimum Gasteiger partial charge on any atom is -0.395 e. The maximum absolute atomic E-state index is 13.6. The van der Waals surface area contributed by atoms with Crippen LogP contribution in [0.25, 0.3) is 0 Å². The van der Waals surface area contributed by atoms with Crippen molar-refractivity contribution in [2.24, 2.45) is 5.41 Å². The van der Waals surface area contributed by atoms with Crippen LogP contribution in [-0.4, -0.2) is 29.3 Å². The van der Waals surface area contributed by atoms with Crippen molar-refractivity contribution in [2.75, 3.05) is 16.6 Å². The molecule has 0 unspecified atom stereocenters. The van der Waals surface area contributed by atoms with Gasteiger partial charge in [-0.2, -0.15) is 0 Å². The molecule has 0 bridgehead atoms.